The summed E-state index contributed by atoms with van der Waals surface area (Å²) < 4.78 is 36.6. The van der Waals surface area contributed by atoms with Gasteiger partial charge in [-0.1, -0.05) is 0 Å². The first kappa shape index (κ1) is 12.7. The minimum absolute atomic E-state index is 0. The Labute approximate surface area is 84.1 Å². The van der Waals surface area contributed by atoms with Gasteiger partial charge in [0.15, 0.2) is 5.69 Å². The van der Waals surface area contributed by atoms with E-state index in [2.05, 4.69) is 4.98 Å². The molecule has 0 bridgehead atoms. The van der Waals surface area contributed by atoms with E-state index in [4.69, 9.17) is 11.1 Å². The Bertz CT molecular complexity index is 337. The third kappa shape index (κ3) is 2.59. The molecule has 0 amide bonds. The Morgan fingerprint density at radius 3 is 2.36 bits per heavy atom. The van der Waals surface area contributed by atoms with Gasteiger partial charge < -0.3 is 5.73 Å². The largest absolute Gasteiger partial charge is 0.434 e. The summed E-state index contributed by atoms with van der Waals surface area (Å²) >= 11 is 0. The highest BCUT2D eigenvalue weighted by molar-refractivity contribution is 5.96. The van der Waals surface area contributed by atoms with Crippen LogP contribution in [0.25, 0.3) is 0 Å². The first-order valence-corrected chi connectivity index (χ1v) is 3.29. The van der Waals surface area contributed by atoms with Gasteiger partial charge in [0.1, 0.15) is 5.84 Å². The Morgan fingerprint density at radius 1 is 1.43 bits per heavy atom. The van der Waals surface area contributed by atoms with Crippen molar-refractivity contribution in [3.63, 3.8) is 0 Å². The summed E-state index contributed by atoms with van der Waals surface area (Å²) in [7, 11) is 0. The predicted molar refractivity (Wildman–Crippen MR) is 47.5 cm³/mol. The summed E-state index contributed by atoms with van der Waals surface area (Å²) in [4.78, 5) is 3.13. The van der Waals surface area contributed by atoms with Gasteiger partial charge in [0.05, 0.1) is 0 Å². The fourth-order valence-corrected chi connectivity index (χ4v) is 0.849. The van der Waals surface area contributed by atoms with Crippen LogP contribution in [0.1, 0.15) is 11.3 Å². The summed E-state index contributed by atoms with van der Waals surface area (Å²) in [5.41, 5.74) is 3.44. The fourth-order valence-electron chi connectivity index (χ4n) is 0.849. The average molecular weight is 226 g/mol. The molecule has 14 heavy (non-hydrogen) atoms. The number of pyridine rings is 1. The third-order valence-electron chi connectivity index (χ3n) is 1.37. The van der Waals surface area contributed by atoms with Gasteiger partial charge in [-0.3, -0.25) is 10.4 Å². The number of alkyl halides is 3. The number of nitrogens with zero attached hydrogens (tertiary/aromatic N) is 1. The lowest BCUT2D eigenvalue weighted by Gasteiger charge is -2.09. The molecular weight excluding hydrogens is 219 g/mol. The minimum atomic E-state index is -4.57. The quantitative estimate of drug-likeness (QED) is 0.566. The Morgan fingerprint density at radius 2 is 2.00 bits per heavy atom. The molecule has 1 heterocycles. The lowest BCUT2D eigenvalue weighted by Crippen LogP contribution is -2.20. The molecule has 0 aromatic carbocycles. The van der Waals surface area contributed by atoms with Crippen LogP contribution in [-0.2, 0) is 6.18 Å². The van der Waals surface area contributed by atoms with Gasteiger partial charge in [-0.2, -0.15) is 13.2 Å². The van der Waals surface area contributed by atoms with Crippen molar-refractivity contribution in [1.29, 1.82) is 5.41 Å². The first-order valence-electron chi connectivity index (χ1n) is 3.29. The fraction of sp³-hybridized carbons (Fsp3) is 0.143. The molecule has 1 aromatic heterocycles. The second-order valence-corrected chi connectivity index (χ2v) is 2.31. The van der Waals surface area contributed by atoms with E-state index in [1.807, 2.05) is 0 Å². The molecule has 7 heteroatoms. The molecule has 3 nitrogen and oxygen atoms in total. The predicted octanol–water partition coefficient (Wildman–Crippen LogP) is 1.81. The van der Waals surface area contributed by atoms with Crippen molar-refractivity contribution in [3.8, 4) is 0 Å². The van der Waals surface area contributed by atoms with Gasteiger partial charge in [-0.05, 0) is 12.1 Å². The molecule has 0 atom stereocenters. The molecular formula is C7H7ClF3N3. The SMILES string of the molecule is Cl.N=C(N)c1cccnc1C(F)(F)F. The maximum Gasteiger partial charge on any atom is 0.434 e. The molecule has 0 aliphatic carbocycles. The zero-order valence-electron chi connectivity index (χ0n) is 6.80. The van der Waals surface area contributed by atoms with E-state index >= 15 is 0 Å². The molecule has 1 aromatic rings. The molecule has 3 N–H and O–H groups in total. The van der Waals surface area contributed by atoms with Crippen LogP contribution in [-0.4, -0.2) is 10.8 Å². The summed E-state index contributed by atoms with van der Waals surface area (Å²) in [6.45, 7) is 0. The van der Waals surface area contributed by atoms with Gasteiger partial charge in [-0.15, -0.1) is 12.4 Å². The van der Waals surface area contributed by atoms with E-state index in [-0.39, 0.29) is 12.4 Å². The number of nitrogen functional groups attached to an aromatic ring is 1. The number of hydrogen-bond acceptors (Lipinski definition) is 2. The number of amidine groups is 1. The molecule has 0 saturated carbocycles. The third-order valence-corrected chi connectivity index (χ3v) is 1.37. The normalized spacial score (nSPS) is 10.5. The van der Waals surface area contributed by atoms with E-state index in [1.54, 1.807) is 0 Å². The number of rotatable bonds is 1. The topological polar surface area (TPSA) is 62.8 Å². The van der Waals surface area contributed by atoms with Crippen molar-refractivity contribution in [2.45, 2.75) is 6.18 Å². The van der Waals surface area contributed by atoms with E-state index in [0.717, 1.165) is 12.3 Å². The highest BCUT2D eigenvalue weighted by Gasteiger charge is 2.35. The van der Waals surface area contributed by atoms with Crippen molar-refractivity contribution in [1.82, 2.24) is 4.98 Å². The molecule has 0 unspecified atom stereocenters. The maximum absolute atomic E-state index is 12.2. The second kappa shape index (κ2) is 4.28. The maximum atomic E-state index is 12.2. The van der Waals surface area contributed by atoms with E-state index in [1.165, 1.54) is 6.07 Å². The average Bonchev–Trinajstić information content (AvgIpc) is 2.03. The summed E-state index contributed by atoms with van der Waals surface area (Å²) in [5, 5.41) is 6.89. The second-order valence-electron chi connectivity index (χ2n) is 2.31. The monoisotopic (exact) mass is 225 g/mol. The van der Waals surface area contributed by atoms with Gasteiger partial charge >= 0.3 is 6.18 Å². The van der Waals surface area contributed by atoms with Crippen LogP contribution < -0.4 is 5.73 Å². The van der Waals surface area contributed by atoms with Crippen LogP contribution >= 0.6 is 12.4 Å². The molecule has 0 fully saturated rings. The van der Waals surface area contributed by atoms with Crippen molar-refractivity contribution in [3.05, 3.63) is 29.6 Å². The standard InChI is InChI=1S/C7H6F3N3.ClH/c8-7(9,10)5-4(6(11)12)2-1-3-13-5;/h1-3H,(H3,11,12);1H. The highest BCUT2D eigenvalue weighted by atomic mass is 35.5. The smallest absolute Gasteiger partial charge is 0.384 e. The van der Waals surface area contributed by atoms with Crippen molar-refractivity contribution < 1.29 is 13.2 Å². The zero-order valence-corrected chi connectivity index (χ0v) is 7.62. The Balaban J connectivity index is 0.00000169. The van der Waals surface area contributed by atoms with E-state index in [0.29, 0.717) is 0 Å². The van der Waals surface area contributed by atoms with E-state index in [9.17, 15) is 13.2 Å². The lowest BCUT2D eigenvalue weighted by atomic mass is 10.2. The molecule has 78 valence electrons. The van der Waals surface area contributed by atoms with Crippen LogP contribution in [0.3, 0.4) is 0 Å². The molecule has 0 radical (unpaired) electrons. The summed E-state index contributed by atoms with van der Waals surface area (Å²) in [6.07, 6.45) is -3.56. The van der Waals surface area contributed by atoms with Crippen molar-refractivity contribution in [2.24, 2.45) is 5.73 Å². The number of nitrogens with two attached hydrogens (primary N) is 1. The Kier molecular flexibility index (Phi) is 3.88. The van der Waals surface area contributed by atoms with Gasteiger partial charge in [-0.25, -0.2) is 0 Å². The highest BCUT2D eigenvalue weighted by Crippen LogP contribution is 2.29. The summed E-state index contributed by atoms with van der Waals surface area (Å²) in [5.74, 6) is -0.638. The van der Waals surface area contributed by atoms with Crippen LogP contribution in [0.2, 0.25) is 0 Å². The van der Waals surface area contributed by atoms with E-state index < -0.39 is 23.3 Å². The first-order chi connectivity index (χ1) is 5.93. The van der Waals surface area contributed by atoms with Crippen LogP contribution in [0.15, 0.2) is 18.3 Å². The summed E-state index contributed by atoms with van der Waals surface area (Å²) in [6, 6.07) is 2.41. The number of aromatic nitrogens is 1. The molecule has 0 saturated heterocycles. The van der Waals surface area contributed by atoms with Crippen LogP contribution in [0, 0.1) is 5.41 Å². The van der Waals surface area contributed by atoms with Gasteiger partial charge in [0.25, 0.3) is 0 Å². The lowest BCUT2D eigenvalue weighted by molar-refractivity contribution is -0.141. The van der Waals surface area contributed by atoms with Gasteiger partial charge in [0.2, 0.25) is 0 Å². The molecule has 0 spiro atoms. The number of nitrogens with one attached hydrogen (secondary N) is 1. The molecule has 0 aliphatic heterocycles. The molecule has 0 aliphatic rings. The van der Waals surface area contributed by atoms with Gasteiger partial charge in [0, 0.05) is 11.8 Å². The number of halogens is 4. The zero-order chi connectivity index (χ0) is 10.1. The number of hydrogen-bond donors (Lipinski definition) is 2. The van der Waals surface area contributed by atoms with Crippen LogP contribution in [0.5, 0.6) is 0 Å². The Hall–Kier alpha value is -1.30. The van der Waals surface area contributed by atoms with Crippen molar-refractivity contribution in [2.75, 3.05) is 0 Å². The van der Waals surface area contributed by atoms with Crippen molar-refractivity contribution >= 4 is 18.2 Å². The minimum Gasteiger partial charge on any atom is -0.384 e. The van der Waals surface area contributed by atoms with Crippen LogP contribution in [0.4, 0.5) is 13.2 Å². The molecule has 1 rings (SSSR count).